The smallest absolute Gasteiger partial charge is 0.408 e. The molecule has 4 N–H and O–H groups in total. The molecule has 4 aromatic rings. The lowest BCUT2D eigenvalue weighted by molar-refractivity contribution is -0.136. The topological polar surface area (TPSA) is 170 Å². The monoisotopic (exact) mass is 892 g/mol. The molecule has 16 heteroatoms. The van der Waals surface area contributed by atoms with Crippen LogP contribution >= 0.6 is 19.0 Å². The normalized spacial score (nSPS) is 22.7. The zero-order valence-electron chi connectivity index (χ0n) is 34.5. The van der Waals surface area contributed by atoms with Gasteiger partial charge in [0.1, 0.15) is 58.0 Å². The summed E-state index contributed by atoms with van der Waals surface area (Å²) in [5, 5.41) is 2.30. The number of nitrogens with one attached hydrogen (secondary N) is 1. The molecule has 62 heavy (non-hydrogen) atoms. The molecule has 2 amide bonds. The average molecular weight is 893 g/mol. The summed E-state index contributed by atoms with van der Waals surface area (Å²) in [6.45, 7) is 0.0943. The maximum absolute atomic E-state index is 14.3. The number of carbonyl (C=O) groups excluding carboxylic acids is 3. The van der Waals surface area contributed by atoms with Crippen molar-refractivity contribution in [1.29, 1.82) is 0 Å². The van der Waals surface area contributed by atoms with Crippen molar-refractivity contribution in [2.24, 2.45) is 11.7 Å². The lowest BCUT2D eigenvalue weighted by Gasteiger charge is -2.27. The molecule has 330 valence electrons. The van der Waals surface area contributed by atoms with Gasteiger partial charge in [-0.1, -0.05) is 73.0 Å². The number of hydrogen-bond acceptors (Lipinski definition) is 9. The number of rotatable bonds is 18. The lowest BCUT2D eigenvalue weighted by atomic mass is 10.1. The predicted octanol–water partition coefficient (Wildman–Crippen LogP) is 9.08. The molecular formula is C46H52ClF2N4O8P. The number of hydrogen-bond donors (Lipinski definition) is 3. The third-order valence-corrected chi connectivity index (χ3v) is 15.1. The van der Waals surface area contributed by atoms with Gasteiger partial charge in [0.05, 0.1) is 37.1 Å². The fraction of sp³-hybridized carbons (Fsp3) is 0.435. The van der Waals surface area contributed by atoms with Gasteiger partial charge in [-0.3, -0.25) is 9.36 Å². The summed E-state index contributed by atoms with van der Waals surface area (Å²) in [7, 11) is -2.62. The Balaban J connectivity index is 0.983. The number of nitrogens with zero attached hydrogens (tertiary/aromatic N) is 2. The Hall–Kier alpha value is -4.88. The predicted molar refractivity (Wildman–Crippen MR) is 232 cm³/mol. The van der Waals surface area contributed by atoms with E-state index in [1.54, 1.807) is 12.1 Å². The Bertz CT molecular complexity index is 2330. The molecule has 2 aliphatic carbocycles. The van der Waals surface area contributed by atoms with Crippen LogP contribution in [0.4, 0.5) is 13.6 Å². The third kappa shape index (κ3) is 10.1. The average Bonchev–Trinajstić information content (AvgIpc) is 3.52. The van der Waals surface area contributed by atoms with E-state index in [4.69, 9.17) is 36.5 Å². The largest absolute Gasteiger partial charge is 0.495 e. The number of ether oxygens (including phenoxy) is 3. The summed E-state index contributed by atoms with van der Waals surface area (Å²) in [5.74, 6) is -1.66. The first-order chi connectivity index (χ1) is 29.8. The third-order valence-electron chi connectivity index (χ3n) is 12.2. The molecule has 1 aliphatic heterocycles. The van der Waals surface area contributed by atoms with Gasteiger partial charge in [0.15, 0.2) is 0 Å². The van der Waals surface area contributed by atoms with Crippen molar-refractivity contribution in [3.05, 3.63) is 101 Å². The number of aromatic nitrogens is 1. The number of benzene rings is 3. The summed E-state index contributed by atoms with van der Waals surface area (Å²) in [5.41, 5.74) is 7.77. The number of unbranched alkanes of at least 4 members (excludes halogenated alkanes) is 3. The number of carbonyl (C=O) groups is 3. The second kappa shape index (κ2) is 19.7. The fourth-order valence-electron chi connectivity index (χ4n) is 8.51. The van der Waals surface area contributed by atoms with E-state index < -0.39 is 72.1 Å². The molecule has 0 bridgehead atoms. The van der Waals surface area contributed by atoms with Crippen LogP contribution in [-0.4, -0.2) is 76.3 Å². The maximum atomic E-state index is 14.3. The summed E-state index contributed by atoms with van der Waals surface area (Å²) in [4.78, 5) is 57.0. The Morgan fingerprint density at radius 3 is 2.50 bits per heavy atom. The van der Waals surface area contributed by atoms with E-state index in [9.17, 15) is 32.6 Å². The summed E-state index contributed by atoms with van der Waals surface area (Å²) < 4.78 is 59.3. The van der Waals surface area contributed by atoms with E-state index in [2.05, 4.69) is 5.32 Å². The number of pyridine rings is 1. The number of amides is 2. The number of alkyl carbamates (subject to hydrolysis) is 1. The minimum absolute atomic E-state index is 0.0943. The number of methoxy groups -OCH3 is 1. The van der Waals surface area contributed by atoms with Crippen LogP contribution in [0.1, 0.15) is 76.2 Å². The van der Waals surface area contributed by atoms with Gasteiger partial charge in [0.2, 0.25) is 13.3 Å². The van der Waals surface area contributed by atoms with Crippen molar-refractivity contribution in [3.63, 3.8) is 0 Å². The van der Waals surface area contributed by atoms with Crippen LogP contribution < -0.4 is 20.5 Å². The van der Waals surface area contributed by atoms with E-state index in [0.717, 1.165) is 49.7 Å². The van der Waals surface area contributed by atoms with Crippen molar-refractivity contribution in [1.82, 2.24) is 15.2 Å². The minimum atomic E-state index is -4.15. The Labute approximate surface area is 364 Å². The highest BCUT2D eigenvalue weighted by molar-refractivity contribution is 7.59. The fourth-order valence-corrected chi connectivity index (χ4v) is 10.9. The Morgan fingerprint density at radius 2 is 1.79 bits per heavy atom. The van der Waals surface area contributed by atoms with Gasteiger partial charge in [-0.15, -0.1) is 0 Å². The first kappa shape index (κ1) is 45.2. The number of halogens is 3. The van der Waals surface area contributed by atoms with Crippen LogP contribution in [-0.2, 0) is 25.1 Å². The quantitative estimate of drug-likeness (QED) is 0.0379. The molecule has 1 saturated heterocycles. The summed E-state index contributed by atoms with van der Waals surface area (Å²) in [6, 6.07) is 16.4. The van der Waals surface area contributed by atoms with Crippen LogP contribution in [0.5, 0.6) is 11.5 Å². The molecule has 3 aromatic carbocycles. The van der Waals surface area contributed by atoms with Gasteiger partial charge in [-0.25, -0.2) is 18.6 Å². The first-order valence-corrected chi connectivity index (χ1v) is 23.4. The van der Waals surface area contributed by atoms with Gasteiger partial charge in [-0.05, 0) is 75.6 Å². The second-order valence-corrected chi connectivity index (χ2v) is 19.4. The molecule has 0 spiro atoms. The summed E-state index contributed by atoms with van der Waals surface area (Å²) in [6.07, 6.45) is 9.01. The van der Waals surface area contributed by atoms with Crippen molar-refractivity contribution >= 4 is 48.2 Å². The number of fused-ring (bicyclic) bond motifs is 1. The van der Waals surface area contributed by atoms with Crippen molar-refractivity contribution in [2.75, 3.05) is 13.7 Å². The van der Waals surface area contributed by atoms with E-state index in [1.165, 1.54) is 18.1 Å². The molecule has 7 rings (SSSR count). The van der Waals surface area contributed by atoms with E-state index in [0.29, 0.717) is 65.2 Å². The standard InChI is InChI=1S/C46H52ClF2N4O8P/c1-59-40-22-21-34-41(24-39(51-43(34)42(40)47)29-13-6-5-7-14-29)60-33-23-31(27-54)53(26-33)44(55)38(52-45(56)61-32-16-10-11-17-32)20-9-4-2-3-8-15-30-25-46(30,50)62(57,58)28-35-36(48)18-12-19-37(35)49/h5-8,12-15,18-19,21-22,24,27,30-33,38H,2-4,9-11,16-17,20,23,25-26,28,50H2,1H3,(H,52,56)(H,57,58)/b15-8-/t30-,31+,33-,38+,46+/m1/s1. The van der Waals surface area contributed by atoms with Gasteiger partial charge >= 0.3 is 6.09 Å². The number of nitrogens with two attached hydrogens (primary N) is 1. The molecule has 12 nitrogen and oxygen atoms in total. The number of likely N-dealkylation sites (tertiary alicyclic amines) is 1. The highest BCUT2D eigenvalue weighted by Crippen LogP contribution is 2.69. The van der Waals surface area contributed by atoms with Crippen molar-refractivity contribution in [3.8, 4) is 22.8 Å². The van der Waals surface area contributed by atoms with Crippen LogP contribution in [0.15, 0.2) is 78.9 Å². The van der Waals surface area contributed by atoms with Crippen LogP contribution in [0, 0.1) is 17.6 Å². The highest BCUT2D eigenvalue weighted by Gasteiger charge is 2.61. The molecule has 2 saturated carbocycles. The zero-order chi connectivity index (χ0) is 44.0. The number of allylic oxidation sites excluding steroid dienone is 1. The molecular weight excluding hydrogens is 841 g/mol. The molecule has 1 aromatic heterocycles. The van der Waals surface area contributed by atoms with Crippen molar-refractivity contribution < 1.29 is 46.8 Å². The Morgan fingerprint density at radius 1 is 1.05 bits per heavy atom. The lowest BCUT2D eigenvalue weighted by Crippen LogP contribution is -2.51. The number of aldehydes is 1. The highest BCUT2D eigenvalue weighted by atomic mass is 35.5. The zero-order valence-corrected chi connectivity index (χ0v) is 36.2. The summed E-state index contributed by atoms with van der Waals surface area (Å²) >= 11 is 6.75. The molecule has 1 unspecified atom stereocenters. The molecule has 0 radical (unpaired) electrons. The van der Waals surface area contributed by atoms with Gasteiger partial charge < -0.3 is 39.8 Å². The SMILES string of the molecule is COc1ccc2c(O[C@@H]3C[C@@H](C=O)N(C(=O)[C@H](CCCCC/C=C\[C@@H]4C[C@]4(N)P(=O)(O)Cc4c(F)cccc4F)NC(=O)OC4CCCC4)C3)cc(-c3ccccc3)nc2c1Cl. The van der Waals surface area contributed by atoms with Crippen molar-refractivity contribution in [2.45, 2.75) is 106 Å². The molecule has 2 heterocycles. The second-order valence-electron chi connectivity index (χ2n) is 16.5. The van der Waals surface area contributed by atoms with Gasteiger partial charge in [-0.2, -0.15) is 0 Å². The minimum Gasteiger partial charge on any atom is -0.495 e. The van der Waals surface area contributed by atoms with Gasteiger partial charge in [0.25, 0.3) is 0 Å². The van der Waals surface area contributed by atoms with Crippen LogP contribution in [0.3, 0.4) is 0 Å². The first-order valence-electron chi connectivity index (χ1n) is 21.1. The van der Waals surface area contributed by atoms with E-state index in [1.807, 2.05) is 48.5 Å². The Kier molecular flexibility index (Phi) is 14.3. The molecule has 3 fully saturated rings. The van der Waals surface area contributed by atoms with Crippen LogP contribution in [0.2, 0.25) is 5.02 Å². The molecule has 6 atom stereocenters. The van der Waals surface area contributed by atoms with E-state index >= 15 is 0 Å². The molecule has 3 aliphatic rings. The van der Waals surface area contributed by atoms with E-state index in [-0.39, 0.29) is 25.5 Å². The van der Waals surface area contributed by atoms with Gasteiger partial charge in [0, 0.05) is 34.9 Å². The van der Waals surface area contributed by atoms with Crippen LogP contribution in [0.25, 0.3) is 22.2 Å². The maximum Gasteiger partial charge on any atom is 0.408 e.